The van der Waals surface area contributed by atoms with Gasteiger partial charge in [0.25, 0.3) is 0 Å². The highest BCUT2D eigenvalue weighted by molar-refractivity contribution is 5.37. The number of likely N-dealkylation sites (N-methyl/N-ethyl adjacent to an activating group) is 2. The SMILES string of the molecule is CNCCN(C)Cc1nnnn1-c1ccc(OC(C)C)cc1. The number of aromatic nitrogens is 4. The number of nitrogens with zero attached hydrogens (tertiary/aromatic N) is 5. The minimum Gasteiger partial charge on any atom is -0.491 e. The summed E-state index contributed by atoms with van der Waals surface area (Å²) in [6.45, 7) is 6.57. The van der Waals surface area contributed by atoms with Crippen LogP contribution in [0.3, 0.4) is 0 Å². The van der Waals surface area contributed by atoms with Gasteiger partial charge in [0.15, 0.2) is 5.82 Å². The fourth-order valence-corrected chi connectivity index (χ4v) is 2.07. The highest BCUT2D eigenvalue weighted by Crippen LogP contribution is 2.16. The normalized spacial score (nSPS) is 11.4. The average molecular weight is 304 g/mol. The third-order valence-corrected chi connectivity index (χ3v) is 3.14. The Kier molecular flexibility index (Phi) is 5.85. The van der Waals surface area contributed by atoms with E-state index in [9.17, 15) is 0 Å². The first-order valence-corrected chi connectivity index (χ1v) is 7.47. The van der Waals surface area contributed by atoms with Crippen molar-refractivity contribution in [2.45, 2.75) is 26.5 Å². The zero-order chi connectivity index (χ0) is 15.9. The van der Waals surface area contributed by atoms with E-state index in [4.69, 9.17) is 4.74 Å². The molecule has 2 aromatic rings. The van der Waals surface area contributed by atoms with Crippen molar-refractivity contribution in [2.75, 3.05) is 27.2 Å². The Hall–Kier alpha value is -1.99. The minimum absolute atomic E-state index is 0.162. The molecule has 120 valence electrons. The molecule has 0 aliphatic rings. The largest absolute Gasteiger partial charge is 0.491 e. The van der Waals surface area contributed by atoms with Crippen LogP contribution < -0.4 is 10.1 Å². The molecule has 22 heavy (non-hydrogen) atoms. The molecule has 0 aliphatic carbocycles. The smallest absolute Gasteiger partial charge is 0.170 e. The Morgan fingerprint density at radius 1 is 1.27 bits per heavy atom. The molecule has 0 fully saturated rings. The highest BCUT2D eigenvalue weighted by atomic mass is 16.5. The molecule has 0 unspecified atom stereocenters. The van der Waals surface area contributed by atoms with Crippen LogP contribution in [-0.2, 0) is 6.54 Å². The number of hydrogen-bond donors (Lipinski definition) is 1. The summed E-state index contributed by atoms with van der Waals surface area (Å²) in [5.41, 5.74) is 0.929. The van der Waals surface area contributed by atoms with E-state index in [1.54, 1.807) is 4.68 Å². The van der Waals surface area contributed by atoms with Crippen LogP contribution in [0.5, 0.6) is 5.75 Å². The maximum atomic E-state index is 5.65. The lowest BCUT2D eigenvalue weighted by molar-refractivity contribution is 0.242. The van der Waals surface area contributed by atoms with Gasteiger partial charge in [0.2, 0.25) is 0 Å². The molecule has 1 N–H and O–H groups in total. The van der Waals surface area contributed by atoms with Gasteiger partial charge in [-0.15, -0.1) is 5.10 Å². The Balaban J connectivity index is 2.08. The molecule has 0 spiro atoms. The van der Waals surface area contributed by atoms with Crippen LogP contribution in [0.25, 0.3) is 5.69 Å². The summed E-state index contributed by atoms with van der Waals surface area (Å²) < 4.78 is 7.41. The molecular weight excluding hydrogens is 280 g/mol. The lowest BCUT2D eigenvalue weighted by Gasteiger charge is -2.15. The first-order valence-electron chi connectivity index (χ1n) is 7.47. The van der Waals surface area contributed by atoms with Gasteiger partial charge >= 0.3 is 0 Å². The predicted molar refractivity (Wildman–Crippen MR) is 85.2 cm³/mol. The lowest BCUT2D eigenvalue weighted by Crippen LogP contribution is -2.28. The van der Waals surface area contributed by atoms with E-state index < -0.39 is 0 Å². The van der Waals surface area contributed by atoms with E-state index in [0.717, 1.165) is 30.4 Å². The van der Waals surface area contributed by atoms with E-state index in [1.165, 1.54) is 0 Å². The maximum Gasteiger partial charge on any atom is 0.170 e. The predicted octanol–water partition coefficient (Wildman–Crippen LogP) is 1.10. The Morgan fingerprint density at radius 2 is 2.00 bits per heavy atom. The van der Waals surface area contributed by atoms with Crippen LogP contribution in [-0.4, -0.2) is 58.4 Å². The van der Waals surface area contributed by atoms with Crippen LogP contribution in [0.15, 0.2) is 24.3 Å². The van der Waals surface area contributed by atoms with Gasteiger partial charge in [-0.25, -0.2) is 0 Å². The van der Waals surface area contributed by atoms with Crippen LogP contribution in [0, 0.1) is 0 Å². The third kappa shape index (κ3) is 4.51. The van der Waals surface area contributed by atoms with Gasteiger partial charge in [0.1, 0.15) is 5.75 Å². The van der Waals surface area contributed by atoms with E-state index in [-0.39, 0.29) is 6.10 Å². The molecule has 0 aliphatic heterocycles. The number of benzene rings is 1. The van der Waals surface area contributed by atoms with Crippen molar-refractivity contribution in [3.8, 4) is 11.4 Å². The first kappa shape index (κ1) is 16.4. The lowest BCUT2D eigenvalue weighted by atomic mass is 10.3. The van der Waals surface area contributed by atoms with Crippen molar-refractivity contribution in [1.82, 2.24) is 30.4 Å². The molecule has 0 radical (unpaired) electrons. The number of ether oxygens (including phenoxy) is 1. The number of rotatable bonds is 8. The summed E-state index contributed by atoms with van der Waals surface area (Å²) in [7, 11) is 3.99. The standard InChI is InChI=1S/C15H24N6O/c1-12(2)22-14-7-5-13(6-8-14)21-15(17-18-19-21)11-20(4)10-9-16-3/h5-8,12,16H,9-11H2,1-4H3. The molecule has 0 saturated carbocycles. The zero-order valence-electron chi connectivity index (χ0n) is 13.7. The van der Waals surface area contributed by atoms with E-state index in [1.807, 2.05) is 45.2 Å². The Morgan fingerprint density at radius 3 is 2.64 bits per heavy atom. The van der Waals surface area contributed by atoms with Gasteiger partial charge in [0.05, 0.1) is 18.3 Å². The topological polar surface area (TPSA) is 68.1 Å². The Labute approximate surface area is 131 Å². The third-order valence-electron chi connectivity index (χ3n) is 3.14. The zero-order valence-corrected chi connectivity index (χ0v) is 13.7. The summed E-state index contributed by atoms with van der Waals surface area (Å²) >= 11 is 0. The highest BCUT2D eigenvalue weighted by Gasteiger charge is 2.11. The van der Waals surface area contributed by atoms with Crippen molar-refractivity contribution >= 4 is 0 Å². The van der Waals surface area contributed by atoms with Crippen LogP contribution in [0.2, 0.25) is 0 Å². The number of tetrazole rings is 1. The molecule has 0 atom stereocenters. The summed E-state index contributed by atoms with van der Waals surface area (Å²) in [5, 5.41) is 15.1. The summed E-state index contributed by atoms with van der Waals surface area (Å²) in [6, 6.07) is 7.80. The average Bonchev–Trinajstić information content (AvgIpc) is 2.93. The molecule has 7 heteroatoms. The van der Waals surface area contributed by atoms with E-state index in [0.29, 0.717) is 6.54 Å². The van der Waals surface area contributed by atoms with Crippen molar-refractivity contribution < 1.29 is 4.74 Å². The fraction of sp³-hybridized carbons (Fsp3) is 0.533. The van der Waals surface area contributed by atoms with Crippen molar-refractivity contribution in [1.29, 1.82) is 0 Å². The first-order chi connectivity index (χ1) is 10.6. The molecule has 0 amide bonds. The molecule has 0 saturated heterocycles. The Bertz CT molecular complexity index is 566. The van der Waals surface area contributed by atoms with Crippen molar-refractivity contribution in [3.63, 3.8) is 0 Å². The number of nitrogens with one attached hydrogen (secondary N) is 1. The van der Waals surface area contributed by atoms with Crippen molar-refractivity contribution in [3.05, 3.63) is 30.1 Å². The van der Waals surface area contributed by atoms with Crippen LogP contribution in [0.1, 0.15) is 19.7 Å². The van der Waals surface area contributed by atoms with Crippen LogP contribution >= 0.6 is 0 Å². The van der Waals surface area contributed by atoms with Gasteiger partial charge in [-0.2, -0.15) is 4.68 Å². The second-order valence-corrected chi connectivity index (χ2v) is 5.51. The molecule has 2 rings (SSSR count). The second kappa shape index (κ2) is 7.86. The summed E-state index contributed by atoms with van der Waals surface area (Å²) in [6.07, 6.45) is 0.162. The molecular formula is C15H24N6O. The number of hydrogen-bond acceptors (Lipinski definition) is 6. The monoisotopic (exact) mass is 304 g/mol. The maximum absolute atomic E-state index is 5.65. The molecule has 7 nitrogen and oxygen atoms in total. The molecule has 1 aromatic heterocycles. The second-order valence-electron chi connectivity index (χ2n) is 5.51. The molecule has 0 bridgehead atoms. The van der Waals surface area contributed by atoms with Gasteiger partial charge < -0.3 is 10.1 Å². The summed E-state index contributed by atoms with van der Waals surface area (Å²) in [5.74, 6) is 1.66. The van der Waals surface area contributed by atoms with Crippen LogP contribution in [0.4, 0.5) is 0 Å². The van der Waals surface area contributed by atoms with Gasteiger partial charge in [-0.3, -0.25) is 4.90 Å². The molecule has 1 heterocycles. The van der Waals surface area contributed by atoms with Gasteiger partial charge in [0, 0.05) is 13.1 Å². The minimum atomic E-state index is 0.162. The molecule has 1 aromatic carbocycles. The van der Waals surface area contributed by atoms with Gasteiger partial charge in [-0.05, 0) is 62.6 Å². The fourth-order valence-electron chi connectivity index (χ4n) is 2.07. The van der Waals surface area contributed by atoms with Crippen molar-refractivity contribution in [2.24, 2.45) is 0 Å². The van der Waals surface area contributed by atoms with Gasteiger partial charge in [-0.1, -0.05) is 0 Å². The quantitative estimate of drug-likeness (QED) is 0.788. The van der Waals surface area contributed by atoms with E-state index in [2.05, 4.69) is 32.8 Å². The summed E-state index contributed by atoms with van der Waals surface area (Å²) in [4.78, 5) is 2.18. The van der Waals surface area contributed by atoms with E-state index >= 15 is 0 Å².